The van der Waals surface area contributed by atoms with Gasteiger partial charge in [0, 0.05) is 38.6 Å². The summed E-state index contributed by atoms with van der Waals surface area (Å²) in [4.78, 5) is 9.31. The van der Waals surface area contributed by atoms with E-state index in [2.05, 4.69) is 30.2 Å². The SMILES string of the molecule is c1cc(N2CCN(c3ccc4nncn4n3)CC2)nc(-n2cccn2)c1. The van der Waals surface area contributed by atoms with Gasteiger partial charge in [-0.2, -0.15) is 9.61 Å². The summed E-state index contributed by atoms with van der Waals surface area (Å²) < 4.78 is 3.48. The molecule has 9 nitrogen and oxygen atoms in total. The summed E-state index contributed by atoms with van der Waals surface area (Å²) in [5.41, 5.74) is 0.757. The summed E-state index contributed by atoms with van der Waals surface area (Å²) in [6, 6.07) is 11.9. The zero-order valence-electron chi connectivity index (χ0n) is 14.0. The van der Waals surface area contributed by atoms with Crippen molar-refractivity contribution < 1.29 is 0 Å². The molecular weight excluding hydrogens is 330 g/mol. The Morgan fingerprint density at radius 1 is 0.808 bits per heavy atom. The topological polar surface area (TPSA) is 80.3 Å². The first-order valence-electron chi connectivity index (χ1n) is 8.51. The quantitative estimate of drug-likeness (QED) is 0.547. The highest BCUT2D eigenvalue weighted by atomic mass is 15.4. The average molecular weight is 347 g/mol. The van der Waals surface area contributed by atoms with Gasteiger partial charge in [0.2, 0.25) is 0 Å². The van der Waals surface area contributed by atoms with Crippen LogP contribution >= 0.6 is 0 Å². The molecule has 0 N–H and O–H groups in total. The van der Waals surface area contributed by atoms with Crippen LogP contribution in [-0.2, 0) is 0 Å². The molecule has 0 unspecified atom stereocenters. The van der Waals surface area contributed by atoms with Crippen LogP contribution in [-0.4, -0.2) is 60.8 Å². The van der Waals surface area contributed by atoms with Crippen LogP contribution in [0.25, 0.3) is 11.5 Å². The van der Waals surface area contributed by atoms with Crippen molar-refractivity contribution in [3.63, 3.8) is 0 Å². The lowest BCUT2D eigenvalue weighted by atomic mass is 10.3. The molecule has 5 heterocycles. The third-order valence-electron chi connectivity index (χ3n) is 4.53. The van der Waals surface area contributed by atoms with Crippen molar-refractivity contribution in [2.45, 2.75) is 0 Å². The van der Waals surface area contributed by atoms with E-state index < -0.39 is 0 Å². The molecule has 0 spiro atoms. The monoisotopic (exact) mass is 347 g/mol. The van der Waals surface area contributed by atoms with Crippen LogP contribution in [0.1, 0.15) is 0 Å². The summed E-state index contributed by atoms with van der Waals surface area (Å²) in [7, 11) is 0. The van der Waals surface area contributed by atoms with Crippen molar-refractivity contribution in [1.29, 1.82) is 0 Å². The molecule has 1 saturated heterocycles. The van der Waals surface area contributed by atoms with E-state index in [1.165, 1.54) is 0 Å². The lowest BCUT2D eigenvalue weighted by molar-refractivity contribution is 0.635. The molecule has 1 aliphatic heterocycles. The molecule has 4 aromatic heterocycles. The third-order valence-corrected chi connectivity index (χ3v) is 4.53. The Morgan fingerprint density at radius 3 is 2.42 bits per heavy atom. The fraction of sp³-hybridized carbons (Fsp3) is 0.235. The van der Waals surface area contributed by atoms with Crippen LogP contribution in [0, 0.1) is 0 Å². The van der Waals surface area contributed by atoms with E-state index in [1.807, 2.05) is 42.6 Å². The fourth-order valence-corrected chi connectivity index (χ4v) is 3.17. The zero-order chi connectivity index (χ0) is 17.3. The minimum atomic E-state index is 0.757. The smallest absolute Gasteiger partial charge is 0.177 e. The number of anilines is 2. The molecule has 0 amide bonds. The summed E-state index contributed by atoms with van der Waals surface area (Å²) >= 11 is 0. The predicted molar refractivity (Wildman–Crippen MR) is 96.6 cm³/mol. The van der Waals surface area contributed by atoms with Gasteiger partial charge in [0.15, 0.2) is 11.5 Å². The number of pyridine rings is 1. The molecule has 130 valence electrons. The van der Waals surface area contributed by atoms with Crippen LogP contribution in [0.5, 0.6) is 0 Å². The highest BCUT2D eigenvalue weighted by Gasteiger charge is 2.20. The van der Waals surface area contributed by atoms with Crippen LogP contribution in [0.2, 0.25) is 0 Å². The first-order chi connectivity index (χ1) is 12.9. The first kappa shape index (κ1) is 14.8. The Morgan fingerprint density at radius 2 is 1.62 bits per heavy atom. The molecule has 26 heavy (non-hydrogen) atoms. The van der Waals surface area contributed by atoms with Crippen molar-refractivity contribution in [3.8, 4) is 5.82 Å². The molecule has 1 aliphatic rings. The van der Waals surface area contributed by atoms with Crippen molar-refractivity contribution in [2.24, 2.45) is 0 Å². The molecular formula is C17H17N9. The Balaban J connectivity index is 1.32. The number of hydrogen-bond acceptors (Lipinski definition) is 7. The lowest BCUT2D eigenvalue weighted by Crippen LogP contribution is -2.47. The van der Waals surface area contributed by atoms with Crippen molar-refractivity contribution >= 4 is 17.3 Å². The van der Waals surface area contributed by atoms with Gasteiger partial charge in [-0.15, -0.1) is 15.3 Å². The van der Waals surface area contributed by atoms with E-state index >= 15 is 0 Å². The third kappa shape index (κ3) is 2.63. The molecule has 1 fully saturated rings. The maximum absolute atomic E-state index is 4.74. The van der Waals surface area contributed by atoms with Gasteiger partial charge in [-0.05, 0) is 30.3 Å². The second kappa shape index (κ2) is 6.10. The summed E-state index contributed by atoms with van der Waals surface area (Å²) in [5.74, 6) is 2.74. The largest absolute Gasteiger partial charge is 0.353 e. The second-order valence-electron chi connectivity index (χ2n) is 6.10. The Hall–Kier alpha value is -3.49. The normalized spacial score (nSPS) is 14.9. The summed E-state index contributed by atoms with van der Waals surface area (Å²) in [6.45, 7) is 3.54. The number of fused-ring (bicyclic) bond motifs is 1. The molecule has 0 saturated carbocycles. The zero-order valence-corrected chi connectivity index (χ0v) is 14.0. The van der Waals surface area contributed by atoms with Crippen molar-refractivity contribution in [3.05, 3.63) is 55.1 Å². The predicted octanol–water partition coefficient (Wildman–Crippen LogP) is 1.03. The van der Waals surface area contributed by atoms with Gasteiger partial charge in [0.25, 0.3) is 0 Å². The minimum Gasteiger partial charge on any atom is -0.353 e. The van der Waals surface area contributed by atoms with E-state index in [0.29, 0.717) is 0 Å². The molecule has 0 aliphatic carbocycles. The van der Waals surface area contributed by atoms with Crippen LogP contribution in [0.4, 0.5) is 11.6 Å². The van der Waals surface area contributed by atoms with Crippen LogP contribution in [0.15, 0.2) is 55.1 Å². The summed E-state index contributed by atoms with van der Waals surface area (Å²) in [6.07, 6.45) is 5.28. The van der Waals surface area contributed by atoms with E-state index in [0.717, 1.165) is 49.3 Å². The second-order valence-corrected chi connectivity index (χ2v) is 6.10. The van der Waals surface area contributed by atoms with Gasteiger partial charge < -0.3 is 9.80 Å². The molecule has 0 radical (unpaired) electrons. The van der Waals surface area contributed by atoms with Crippen LogP contribution in [0.3, 0.4) is 0 Å². The number of nitrogens with zero attached hydrogens (tertiary/aromatic N) is 9. The summed E-state index contributed by atoms with van der Waals surface area (Å²) in [5, 5.41) is 16.7. The van der Waals surface area contributed by atoms with Gasteiger partial charge in [0.1, 0.15) is 18.0 Å². The number of aromatic nitrogens is 7. The van der Waals surface area contributed by atoms with Crippen molar-refractivity contribution in [2.75, 3.05) is 36.0 Å². The Bertz CT molecular complexity index is 1020. The highest BCUT2D eigenvalue weighted by Crippen LogP contribution is 2.19. The number of rotatable bonds is 3. The van der Waals surface area contributed by atoms with E-state index in [1.54, 1.807) is 21.7 Å². The van der Waals surface area contributed by atoms with Gasteiger partial charge in [-0.25, -0.2) is 9.67 Å². The Labute approximate surface area is 149 Å². The van der Waals surface area contributed by atoms with Gasteiger partial charge in [-0.1, -0.05) is 6.07 Å². The highest BCUT2D eigenvalue weighted by molar-refractivity contribution is 5.48. The average Bonchev–Trinajstić information content (AvgIpc) is 3.39. The molecule has 0 atom stereocenters. The van der Waals surface area contributed by atoms with Crippen molar-refractivity contribution in [1.82, 2.24) is 34.6 Å². The van der Waals surface area contributed by atoms with Gasteiger partial charge in [-0.3, -0.25) is 0 Å². The standard InChI is InChI=1S/C17H17N9/c1-3-14(20-15(4-1)25-8-2-7-19-25)23-9-11-24(12-10-23)17-6-5-16-21-18-13-26(16)22-17/h1-8,13H,9-12H2. The van der Waals surface area contributed by atoms with Gasteiger partial charge >= 0.3 is 0 Å². The molecule has 0 aromatic carbocycles. The minimum absolute atomic E-state index is 0.757. The first-order valence-corrected chi connectivity index (χ1v) is 8.51. The van der Waals surface area contributed by atoms with Gasteiger partial charge in [0.05, 0.1) is 0 Å². The van der Waals surface area contributed by atoms with E-state index in [9.17, 15) is 0 Å². The number of piperazine rings is 1. The maximum atomic E-state index is 4.74. The molecule has 5 rings (SSSR count). The molecule has 9 heteroatoms. The lowest BCUT2D eigenvalue weighted by Gasteiger charge is -2.36. The molecule has 4 aromatic rings. The fourth-order valence-electron chi connectivity index (χ4n) is 3.17. The number of hydrogen-bond donors (Lipinski definition) is 0. The van der Waals surface area contributed by atoms with Crippen LogP contribution < -0.4 is 9.80 Å². The molecule has 0 bridgehead atoms. The van der Waals surface area contributed by atoms with E-state index in [4.69, 9.17) is 4.98 Å². The maximum Gasteiger partial charge on any atom is 0.177 e. The Kier molecular flexibility index (Phi) is 3.48. The van der Waals surface area contributed by atoms with E-state index in [-0.39, 0.29) is 0 Å².